The van der Waals surface area contributed by atoms with Gasteiger partial charge in [0.1, 0.15) is 11.5 Å². The van der Waals surface area contributed by atoms with Gasteiger partial charge < -0.3 is 14.2 Å². The van der Waals surface area contributed by atoms with Crippen LogP contribution in [0.4, 0.5) is 0 Å². The maximum Gasteiger partial charge on any atom is 0.258 e. The summed E-state index contributed by atoms with van der Waals surface area (Å²) in [5.74, 6) is 1.51. The first-order chi connectivity index (χ1) is 11.4. The highest BCUT2D eigenvalue weighted by molar-refractivity contribution is 9.10. The van der Waals surface area contributed by atoms with Crippen molar-refractivity contribution in [2.45, 2.75) is 27.7 Å². The summed E-state index contributed by atoms with van der Waals surface area (Å²) in [6.07, 6.45) is 0. The van der Waals surface area contributed by atoms with E-state index in [1.54, 1.807) is 0 Å². The van der Waals surface area contributed by atoms with E-state index in [2.05, 4.69) is 20.8 Å². The first-order valence-corrected chi connectivity index (χ1v) is 9.23. The smallest absolute Gasteiger partial charge is 0.258 e. The van der Waals surface area contributed by atoms with Gasteiger partial charge in [-0.25, -0.2) is 0 Å². The van der Waals surface area contributed by atoms with Crippen LogP contribution in [-0.2, 0) is 4.79 Å². The number of aryl methyl sites for hydroxylation is 2. The van der Waals surface area contributed by atoms with Gasteiger partial charge in [0, 0.05) is 39.3 Å². The minimum absolute atomic E-state index is 0.00838. The molecule has 0 aliphatic carbocycles. The fourth-order valence-corrected chi connectivity index (χ4v) is 3.57. The molecule has 0 bridgehead atoms. The van der Waals surface area contributed by atoms with Crippen LogP contribution in [0.25, 0.3) is 0 Å². The van der Waals surface area contributed by atoms with Gasteiger partial charge in [0.2, 0.25) is 5.91 Å². The number of likely N-dealkylation sites (N-methyl/N-ethyl adjacent to an activating group) is 1. The van der Waals surface area contributed by atoms with Crippen molar-refractivity contribution in [2.24, 2.45) is 0 Å². The molecule has 1 fully saturated rings. The standard InChI is InChI=1S/C17H26BrN3O3/c1-5-20(6-2)14(22)11-19-7-9-21(10-8-19)17(23)15-12(3)24-13(4)16(15)18/h5-11H2,1-4H3. The highest BCUT2D eigenvalue weighted by atomic mass is 79.9. The van der Waals surface area contributed by atoms with E-state index in [0.717, 1.165) is 23.3 Å². The van der Waals surface area contributed by atoms with Crippen LogP contribution in [0.15, 0.2) is 8.89 Å². The summed E-state index contributed by atoms with van der Waals surface area (Å²) in [6.45, 7) is 12.2. The van der Waals surface area contributed by atoms with Crippen molar-refractivity contribution >= 4 is 27.7 Å². The molecule has 0 radical (unpaired) electrons. The number of halogens is 1. The molecule has 7 heteroatoms. The maximum atomic E-state index is 12.7. The van der Waals surface area contributed by atoms with Crippen LogP contribution in [0.2, 0.25) is 0 Å². The van der Waals surface area contributed by atoms with Crippen LogP contribution in [0, 0.1) is 13.8 Å². The fourth-order valence-electron chi connectivity index (χ4n) is 3.04. The molecular formula is C17H26BrN3O3. The Labute approximate surface area is 151 Å². The van der Waals surface area contributed by atoms with Crippen LogP contribution in [0.3, 0.4) is 0 Å². The Morgan fingerprint density at radius 2 is 1.67 bits per heavy atom. The minimum Gasteiger partial charge on any atom is -0.465 e. The van der Waals surface area contributed by atoms with Crippen LogP contribution in [0.5, 0.6) is 0 Å². The summed E-state index contributed by atoms with van der Waals surface area (Å²) < 4.78 is 6.27. The van der Waals surface area contributed by atoms with Crippen molar-refractivity contribution in [3.05, 3.63) is 21.6 Å². The topological polar surface area (TPSA) is 57.0 Å². The van der Waals surface area contributed by atoms with Gasteiger partial charge in [-0.15, -0.1) is 0 Å². The fraction of sp³-hybridized carbons (Fsp3) is 0.647. The van der Waals surface area contributed by atoms with E-state index in [0.29, 0.717) is 44.0 Å². The summed E-state index contributed by atoms with van der Waals surface area (Å²) in [4.78, 5) is 30.7. The molecular weight excluding hydrogens is 374 g/mol. The normalized spacial score (nSPS) is 15.6. The molecule has 24 heavy (non-hydrogen) atoms. The number of piperazine rings is 1. The van der Waals surface area contributed by atoms with Crippen molar-refractivity contribution in [2.75, 3.05) is 45.8 Å². The monoisotopic (exact) mass is 399 g/mol. The van der Waals surface area contributed by atoms with Crippen molar-refractivity contribution in [3.8, 4) is 0 Å². The predicted molar refractivity (Wildman–Crippen MR) is 96.2 cm³/mol. The largest absolute Gasteiger partial charge is 0.465 e. The summed E-state index contributed by atoms with van der Waals surface area (Å²) in [6, 6.07) is 0. The lowest BCUT2D eigenvalue weighted by Crippen LogP contribution is -2.51. The van der Waals surface area contributed by atoms with E-state index in [1.165, 1.54) is 0 Å². The molecule has 0 saturated carbocycles. The second kappa shape index (κ2) is 8.16. The van der Waals surface area contributed by atoms with Crippen molar-refractivity contribution in [1.82, 2.24) is 14.7 Å². The zero-order valence-corrected chi connectivity index (χ0v) is 16.5. The Hall–Kier alpha value is -1.34. The van der Waals surface area contributed by atoms with Crippen LogP contribution < -0.4 is 0 Å². The summed E-state index contributed by atoms with van der Waals surface area (Å²) >= 11 is 3.44. The molecule has 1 aromatic rings. The molecule has 1 aromatic heterocycles. The second-order valence-corrected chi connectivity index (χ2v) is 6.83. The molecule has 2 heterocycles. The zero-order chi connectivity index (χ0) is 17.9. The van der Waals surface area contributed by atoms with Gasteiger partial charge in [-0.3, -0.25) is 14.5 Å². The number of furan rings is 1. The third-order valence-electron chi connectivity index (χ3n) is 4.54. The van der Waals surface area contributed by atoms with E-state index < -0.39 is 0 Å². The third kappa shape index (κ3) is 4.00. The SMILES string of the molecule is CCN(CC)C(=O)CN1CCN(C(=O)c2c(C)oc(C)c2Br)CC1. The summed E-state index contributed by atoms with van der Waals surface area (Å²) in [7, 11) is 0. The number of hydrogen-bond donors (Lipinski definition) is 0. The molecule has 6 nitrogen and oxygen atoms in total. The second-order valence-electron chi connectivity index (χ2n) is 6.04. The molecule has 0 aromatic carbocycles. The van der Waals surface area contributed by atoms with Gasteiger partial charge in [-0.1, -0.05) is 0 Å². The van der Waals surface area contributed by atoms with Crippen molar-refractivity contribution < 1.29 is 14.0 Å². The summed E-state index contributed by atoms with van der Waals surface area (Å²) in [5.41, 5.74) is 0.611. The molecule has 1 aliphatic heterocycles. The Morgan fingerprint density at radius 1 is 1.08 bits per heavy atom. The minimum atomic E-state index is -0.00838. The highest BCUT2D eigenvalue weighted by Crippen LogP contribution is 2.28. The average Bonchev–Trinajstić information content (AvgIpc) is 2.81. The lowest BCUT2D eigenvalue weighted by molar-refractivity contribution is -0.132. The Bertz CT molecular complexity index is 602. The third-order valence-corrected chi connectivity index (χ3v) is 5.49. The van der Waals surface area contributed by atoms with Crippen molar-refractivity contribution in [1.29, 1.82) is 0 Å². The van der Waals surface area contributed by atoms with Gasteiger partial charge >= 0.3 is 0 Å². The molecule has 0 unspecified atom stereocenters. The maximum absolute atomic E-state index is 12.7. The Balaban J connectivity index is 1.93. The Morgan fingerprint density at radius 3 is 2.12 bits per heavy atom. The Kier molecular flexibility index (Phi) is 6.46. The van der Waals surface area contributed by atoms with E-state index in [4.69, 9.17) is 4.42 Å². The molecule has 134 valence electrons. The van der Waals surface area contributed by atoms with E-state index in [1.807, 2.05) is 37.5 Å². The van der Waals surface area contributed by atoms with Gasteiger partial charge in [-0.2, -0.15) is 0 Å². The molecule has 2 rings (SSSR count). The lowest BCUT2D eigenvalue weighted by Gasteiger charge is -2.35. The number of carbonyl (C=O) groups is 2. The first kappa shape index (κ1) is 19.0. The van der Waals surface area contributed by atoms with Crippen LogP contribution in [0.1, 0.15) is 35.7 Å². The van der Waals surface area contributed by atoms with Crippen LogP contribution >= 0.6 is 15.9 Å². The summed E-state index contributed by atoms with van der Waals surface area (Å²) in [5, 5.41) is 0. The predicted octanol–water partition coefficient (Wildman–Crippen LogP) is 2.29. The van der Waals surface area contributed by atoms with Crippen molar-refractivity contribution in [3.63, 3.8) is 0 Å². The number of carbonyl (C=O) groups excluding carboxylic acids is 2. The van der Waals surface area contributed by atoms with Gasteiger partial charge in [0.15, 0.2) is 0 Å². The number of amides is 2. The number of nitrogens with zero attached hydrogens (tertiary/aromatic N) is 3. The molecule has 0 atom stereocenters. The van der Waals surface area contributed by atoms with Gasteiger partial charge in [0.05, 0.1) is 16.6 Å². The van der Waals surface area contributed by atoms with E-state index in [-0.39, 0.29) is 11.8 Å². The molecule has 1 aliphatic rings. The molecule has 0 spiro atoms. The molecule has 1 saturated heterocycles. The van der Waals surface area contributed by atoms with E-state index in [9.17, 15) is 9.59 Å². The first-order valence-electron chi connectivity index (χ1n) is 8.43. The zero-order valence-electron chi connectivity index (χ0n) is 14.9. The van der Waals surface area contributed by atoms with E-state index >= 15 is 0 Å². The average molecular weight is 400 g/mol. The lowest BCUT2D eigenvalue weighted by atomic mass is 10.2. The number of rotatable bonds is 5. The van der Waals surface area contributed by atoms with Crippen LogP contribution in [-0.4, -0.2) is 72.3 Å². The molecule has 0 N–H and O–H groups in total. The van der Waals surface area contributed by atoms with Gasteiger partial charge in [0.25, 0.3) is 5.91 Å². The highest BCUT2D eigenvalue weighted by Gasteiger charge is 2.28. The number of hydrogen-bond acceptors (Lipinski definition) is 4. The quantitative estimate of drug-likeness (QED) is 0.761. The molecule has 2 amide bonds. The van der Waals surface area contributed by atoms with Gasteiger partial charge in [-0.05, 0) is 43.6 Å².